The van der Waals surface area contributed by atoms with Crippen molar-refractivity contribution in [2.24, 2.45) is 23.5 Å². The van der Waals surface area contributed by atoms with Crippen molar-refractivity contribution in [1.82, 2.24) is 0 Å². The van der Waals surface area contributed by atoms with Crippen molar-refractivity contribution in [2.75, 3.05) is 13.2 Å². The SMILES string of the molecule is CC(C)CCCC(C)CCCOc1ccc(CC[C@@](N)(CO)CC2CC2)c(O)c1. The summed E-state index contributed by atoms with van der Waals surface area (Å²) < 4.78 is 5.84. The highest BCUT2D eigenvalue weighted by molar-refractivity contribution is 5.39. The van der Waals surface area contributed by atoms with E-state index in [1.54, 1.807) is 6.07 Å². The zero-order chi connectivity index (χ0) is 21.3. The number of aliphatic hydroxyl groups excluding tert-OH is 1. The monoisotopic (exact) mass is 405 g/mol. The minimum atomic E-state index is -0.533. The zero-order valence-corrected chi connectivity index (χ0v) is 18.8. The van der Waals surface area contributed by atoms with E-state index < -0.39 is 5.54 Å². The molecule has 0 bridgehead atoms. The lowest BCUT2D eigenvalue weighted by Gasteiger charge is -2.27. The average Bonchev–Trinajstić information content (AvgIpc) is 3.48. The maximum absolute atomic E-state index is 10.4. The van der Waals surface area contributed by atoms with E-state index in [1.165, 1.54) is 38.5 Å². The summed E-state index contributed by atoms with van der Waals surface area (Å²) in [6.07, 6.45) is 10.8. The third kappa shape index (κ3) is 9.39. The van der Waals surface area contributed by atoms with E-state index in [0.717, 1.165) is 36.0 Å². The Hall–Kier alpha value is -1.26. The lowest BCUT2D eigenvalue weighted by atomic mass is 9.87. The van der Waals surface area contributed by atoms with Crippen LogP contribution >= 0.6 is 0 Å². The minimum absolute atomic E-state index is 0.00134. The number of aliphatic hydroxyl groups is 1. The molecule has 1 aliphatic carbocycles. The molecule has 1 saturated carbocycles. The molecule has 29 heavy (non-hydrogen) atoms. The van der Waals surface area contributed by atoms with E-state index in [9.17, 15) is 10.2 Å². The minimum Gasteiger partial charge on any atom is -0.508 e. The Morgan fingerprint density at radius 2 is 1.86 bits per heavy atom. The summed E-state index contributed by atoms with van der Waals surface area (Å²) in [7, 11) is 0. The molecule has 4 N–H and O–H groups in total. The van der Waals surface area contributed by atoms with Gasteiger partial charge >= 0.3 is 0 Å². The lowest BCUT2D eigenvalue weighted by molar-refractivity contribution is 0.172. The molecule has 0 amide bonds. The van der Waals surface area contributed by atoms with E-state index in [4.69, 9.17) is 10.5 Å². The number of aryl methyl sites for hydroxylation is 1. The number of hydrogen-bond donors (Lipinski definition) is 3. The van der Waals surface area contributed by atoms with Crippen LogP contribution in [0.15, 0.2) is 18.2 Å². The fraction of sp³-hybridized carbons (Fsp3) is 0.760. The smallest absolute Gasteiger partial charge is 0.122 e. The average molecular weight is 406 g/mol. The standard InChI is InChI=1S/C25H43NO3/c1-19(2)6-4-7-20(3)8-5-15-29-23-12-11-22(24(28)16-23)13-14-25(26,18-27)17-21-9-10-21/h11-12,16,19-21,27-28H,4-10,13-15,17-18,26H2,1-3H3/t20?,25-/m0/s1. The van der Waals surface area contributed by atoms with Crippen LogP contribution in [0.5, 0.6) is 11.5 Å². The van der Waals surface area contributed by atoms with Gasteiger partial charge in [0.05, 0.1) is 13.2 Å². The van der Waals surface area contributed by atoms with Gasteiger partial charge in [0.1, 0.15) is 11.5 Å². The molecule has 1 unspecified atom stereocenters. The Bertz CT molecular complexity index is 600. The van der Waals surface area contributed by atoms with Gasteiger partial charge in [-0.2, -0.15) is 0 Å². The van der Waals surface area contributed by atoms with Crippen LogP contribution in [0.4, 0.5) is 0 Å². The summed E-state index contributed by atoms with van der Waals surface area (Å²) in [6.45, 7) is 7.58. The number of aromatic hydroxyl groups is 1. The van der Waals surface area contributed by atoms with Crippen molar-refractivity contribution in [3.8, 4) is 11.5 Å². The molecule has 0 saturated heterocycles. The zero-order valence-electron chi connectivity index (χ0n) is 18.8. The second kappa shape index (κ2) is 11.8. The summed E-state index contributed by atoms with van der Waals surface area (Å²) in [6, 6.07) is 5.56. The van der Waals surface area contributed by atoms with Gasteiger partial charge in [0.15, 0.2) is 0 Å². The third-order valence-electron chi connectivity index (χ3n) is 6.24. The molecule has 166 valence electrons. The number of phenolic OH excluding ortho intramolecular Hbond substituents is 1. The highest BCUT2D eigenvalue weighted by Crippen LogP contribution is 2.37. The Morgan fingerprint density at radius 3 is 2.48 bits per heavy atom. The van der Waals surface area contributed by atoms with Crippen LogP contribution in [0.1, 0.15) is 84.1 Å². The molecule has 0 aromatic heterocycles. The van der Waals surface area contributed by atoms with Crippen molar-refractivity contribution in [3.05, 3.63) is 23.8 Å². The summed E-state index contributed by atoms with van der Waals surface area (Å²) in [5.74, 6) is 3.19. The topological polar surface area (TPSA) is 75.7 Å². The molecule has 0 spiro atoms. The van der Waals surface area contributed by atoms with Crippen molar-refractivity contribution in [1.29, 1.82) is 0 Å². The van der Waals surface area contributed by atoms with Gasteiger partial charge in [-0.3, -0.25) is 0 Å². The van der Waals surface area contributed by atoms with Crippen LogP contribution in [-0.4, -0.2) is 29.0 Å². The highest BCUT2D eigenvalue weighted by atomic mass is 16.5. The summed E-state index contributed by atoms with van der Waals surface area (Å²) in [4.78, 5) is 0. The Kier molecular flexibility index (Phi) is 9.78. The first-order valence-electron chi connectivity index (χ1n) is 11.7. The Balaban J connectivity index is 1.69. The second-order valence-electron chi connectivity index (χ2n) is 9.88. The van der Waals surface area contributed by atoms with Gasteiger partial charge in [-0.15, -0.1) is 0 Å². The van der Waals surface area contributed by atoms with Crippen molar-refractivity contribution >= 4 is 0 Å². The first kappa shape index (κ1) is 24.0. The number of benzene rings is 1. The van der Waals surface area contributed by atoms with Gasteiger partial charge in [-0.25, -0.2) is 0 Å². The van der Waals surface area contributed by atoms with Crippen LogP contribution in [0.3, 0.4) is 0 Å². The lowest BCUT2D eigenvalue weighted by Crippen LogP contribution is -2.44. The maximum atomic E-state index is 10.4. The van der Waals surface area contributed by atoms with Crippen molar-refractivity contribution in [3.63, 3.8) is 0 Å². The number of ether oxygens (including phenoxy) is 1. The van der Waals surface area contributed by atoms with Gasteiger partial charge in [0, 0.05) is 11.6 Å². The molecule has 4 heteroatoms. The van der Waals surface area contributed by atoms with Crippen molar-refractivity contribution < 1.29 is 14.9 Å². The molecule has 1 fully saturated rings. The number of hydrogen-bond acceptors (Lipinski definition) is 4. The number of nitrogens with two attached hydrogens (primary N) is 1. The molecular formula is C25H43NO3. The van der Waals surface area contributed by atoms with Crippen LogP contribution < -0.4 is 10.5 Å². The molecule has 2 rings (SSSR count). The van der Waals surface area contributed by atoms with Crippen molar-refractivity contribution in [2.45, 2.75) is 90.5 Å². The van der Waals surface area contributed by atoms with E-state index in [0.29, 0.717) is 25.4 Å². The first-order chi connectivity index (χ1) is 13.8. The third-order valence-corrected chi connectivity index (χ3v) is 6.24. The van der Waals surface area contributed by atoms with Crippen LogP contribution in [0, 0.1) is 17.8 Å². The second-order valence-corrected chi connectivity index (χ2v) is 9.88. The predicted molar refractivity (Wildman–Crippen MR) is 120 cm³/mol. The normalized spacial score (nSPS) is 17.3. The van der Waals surface area contributed by atoms with Gasteiger partial charge in [0.25, 0.3) is 0 Å². The predicted octanol–water partition coefficient (Wildman–Crippen LogP) is 5.44. The molecule has 0 heterocycles. The molecule has 0 radical (unpaired) electrons. The molecular weight excluding hydrogens is 362 g/mol. The first-order valence-corrected chi connectivity index (χ1v) is 11.7. The van der Waals surface area contributed by atoms with E-state index in [1.807, 2.05) is 12.1 Å². The fourth-order valence-corrected chi connectivity index (χ4v) is 4.01. The van der Waals surface area contributed by atoms with Crippen LogP contribution in [0.2, 0.25) is 0 Å². The van der Waals surface area contributed by atoms with Crippen LogP contribution in [0.25, 0.3) is 0 Å². The number of rotatable bonds is 15. The number of phenols is 1. The molecule has 0 aliphatic heterocycles. The molecule has 1 aliphatic rings. The highest BCUT2D eigenvalue weighted by Gasteiger charge is 2.33. The molecule has 4 nitrogen and oxygen atoms in total. The molecule has 1 aromatic carbocycles. The maximum Gasteiger partial charge on any atom is 0.122 e. The van der Waals surface area contributed by atoms with Gasteiger partial charge < -0.3 is 20.7 Å². The summed E-state index contributed by atoms with van der Waals surface area (Å²) in [5.41, 5.74) is 6.70. The quantitative estimate of drug-likeness (QED) is 0.340. The van der Waals surface area contributed by atoms with Gasteiger partial charge in [0.2, 0.25) is 0 Å². The van der Waals surface area contributed by atoms with E-state index in [2.05, 4.69) is 20.8 Å². The fourth-order valence-electron chi connectivity index (χ4n) is 4.01. The molecule has 2 atom stereocenters. The Labute approximate surface area is 177 Å². The van der Waals surface area contributed by atoms with E-state index >= 15 is 0 Å². The summed E-state index contributed by atoms with van der Waals surface area (Å²) >= 11 is 0. The van der Waals surface area contributed by atoms with Gasteiger partial charge in [-0.1, -0.05) is 58.9 Å². The summed E-state index contributed by atoms with van der Waals surface area (Å²) in [5, 5.41) is 20.0. The van der Waals surface area contributed by atoms with E-state index in [-0.39, 0.29) is 12.4 Å². The Morgan fingerprint density at radius 1 is 1.14 bits per heavy atom. The van der Waals surface area contributed by atoms with Gasteiger partial charge in [-0.05, 0) is 61.5 Å². The molecule has 1 aromatic rings. The van der Waals surface area contributed by atoms with Crippen LogP contribution in [-0.2, 0) is 6.42 Å². The largest absolute Gasteiger partial charge is 0.508 e.